The van der Waals surface area contributed by atoms with Crippen molar-refractivity contribution in [3.05, 3.63) is 74.6 Å². The molecule has 1 aromatic heterocycles. The topological polar surface area (TPSA) is 84.0 Å². The van der Waals surface area contributed by atoms with E-state index in [1.165, 1.54) is 6.07 Å². The Morgan fingerprint density at radius 2 is 1.76 bits per heavy atom. The van der Waals surface area contributed by atoms with Gasteiger partial charge in [-0.2, -0.15) is 0 Å². The summed E-state index contributed by atoms with van der Waals surface area (Å²) in [4.78, 5) is 37.9. The lowest BCUT2D eigenvalue weighted by molar-refractivity contribution is -0.116. The van der Waals surface area contributed by atoms with E-state index in [-0.39, 0.29) is 11.0 Å². The summed E-state index contributed by atoms with van der Waals surface area (Å²) >= 11 is 0. The first-order valence-corrected chi connectivity index (χ1v) is 7.03. The molecule has 1 amide bonds. The first-order chi connectivity index (χ1) is 11.9. The van der Waals surface area contributed by atoms with Crippen LogP contribution in [-0.2, 0) is 11.3 Å². The summed E-state index contributed by atoms with van der Waals surface area (Å²) < 4.78 is 41.2. The van der Waals surface area contributed by atoms with Crippen LogP contribution in [0.25, 0.3) is 11.0 Å². The second-order valence-electron chi connectivity index (χ2n) is 5.15. The number of nitrogens with one attached hydrogen (secondary N) is 2. The highest BCUT2D eigenvalue weighted by molar-refractivity contribution is 5.91. The van der Waals surface area contributed by atoms with Gasteiger partial charge in [0.2, 0.25) is 5.91 Å². The molecular formula is C16H10F3N3O3. The molecule has 6 nitrogen and oxygen atoms in total. The zero-order valence-electron chi connectivity index (χ0n) is 12.5. The number of H-pyrrole nitrogens is 1. The van der Waals surface area contributed by atoms with Crippen LogP contribution in [0.4, 0.5) is 18.9 Å². The molecule has 0 aliphatic heterocycles. The predicted octanol–water partition coefficient (Wildman–Crippen LogP) is 1.75. The van der Waals surface area contributed by atoms with Crippen molar-refractivity contribution in [2.75, 3.05) is 5.32 Å². The highest BCUT2D eigenvalue weighted by Crippen LogP contribution is 2.18. The average Bonchev–Trinajstić information content (AvgIpc) is 2.55. The van der Waals surface area contributed by atoms with Gasteiger partial charge in [0.05, 0.1) is 11.0 Å². The molecule has 0 aliphatic carbocycles. The Morgan fingerprint density at radius 1 is 1.08 bits per heavy atom. The van der Waals surface area contributed by atoms with Crippen molar-refractivity contribution in [2.24, 2.45) is 0 Å². The Morgan fingerprint density at radius 3 is 2.44 bits per heavy atom. The number of hydrogen-bond donors (Lipinski definition) is 2. The Bertz CT molecular complexity index is 1080. The molecule has 3 rings (SSSR count). The van der Waals surface area contributed by atoms with Gasteiger partial charge < -0.3 is 10.3 Å². The zero-order valence-corrected chi connectivity index (χ0v) is 12.5. The minimum absolute atomic E-state index is 0.00877. The van der Waals surface area contributed by atoms with E-state index in [0.717, 1.165) is 34.9 Å². The molecule has 2 N–H and O–H groups in total. The first kappa shape index (κ1) is 16.5. The molecular weight excluding hydrogens is 339 g/mol. The van der Waals surface area contributed by atoms with Crippen molar-refractivity contribution >= 4 is 22.6 Å². The lowest BCUT2D eigenvalue weighted by Gasteiger charge is -2.11. The Hall–Kier alpha value is -3.36. The van der Waals surface area contributed by atoms with Gasteiger partial charge in [0.1, 0.15) is 29.7 Å². The number of para-hydroxylation sites is 1. The third-order valence-electron chi connectivity index (χ3n) is 3.47. The summed E-state index contributed by atoms with van der Waals surface area (Å²) in [5, 5.41) is 2.01. The molecule has 0 fully saturated rings. The van der Waals surface area contributed by atoms with E-state index >= 15 is 0 Å². The van der Waals surface area contributed by atoms with Gasteiger partial charge in [-0.3, -0.25) is 19.0 Å². The zero-order chi connectivity index (χ0) is 18.1. The maximum absolute atomic E-state index is 13.6. The minimum atomic E-state index is -1.05. The fraction of sp³-hybridized carbons (Fsp3) is 0.0625. The summed E-state index contributed by atoms with van der Waals surface area (Å²) in [6.07, 6.45) is 0. The van der Waals surface area contributed by atoms with Crippen molar-refractivity contribution in [1.82, 2.24) is 9.55 Å². The number of carbonyl (C=O) groups is 1. The van der Waals surface area contributed by atoms with Gasteiger partial charge >= 0.3 is 11.1 Å². The van der Waals surface area contributed by atoms with Crippen LogP contribution in [0.2, 0.25) is 0 Å². The third-order valence-corrected chi connectivity index (χ3v) is 3.47. The molecule has 0 spiro atoms. The Kier molecular flexibility index (Phi) is 4.14. The maximum Gasteiger partial charge on any atom is 0.317 e. The van der Waals surface area contributed by atoms with Gasteiger partial charge in [0.15, 0.2) is 0 Å². The summed E-state index contributed by atoms with van der Waals surface area (Å²) in [5.74, 6) is -3.55. The van der Waals surface area contributed by atoms with Crippen molar-refractivity contribution < 1.29 is 18.0 Å². The number of rotatable bonds is 3. The van der Waals surface area contributed by atoms with Gasteiger partial charge in [0.25, 0.3) is 0 Å². The van der Waals surface area contributed by atoms with E-state index < -0.39 is 46.7 Å². The van der Waals surface area contributed by atoms with Crippen LogP contribution in [0.3, 0.4) is 0 Å². The lowest BCUT2D eigenvalue weighted by atomic mass is 10.2. The van der Waals surface area contributed by atoms with E-state index in [0.29, 0.717) is 0 Å². The van der Waals surface area contributed by atoms with E-state index in [1.807, 2.05) is 5.32 Å². The van der Waals surface area contributed by atoms with Gasteiger partial charge in [-0.15, -0.1) is 0 Å². The van der Waals surface area contributed by atoms with Gasteiger partial charge in [-0.05, 0) is 30.3 Å². The maximum atomic E-state index is 13.6. The van der Waals surface area contributed by atoms with Crippen molar-refractivity contribution in [3.63, 3.8) is 0 Å². The fourth-order valence-corrected chi connectivity index (χ4v) is 2.35. The molecule has 0 bridgehead atoms. The second-order valence-corrected chi connectivity index (χ2v) is 5.15. The molecule has 3 aromatic rings. The SMILES string of the molecule is O=C(Cn1c(=O)c(=O)[nH]c2cc(F)ccc21)Nc1c(F)cccc1F. The molecule has 25 heavy (non-hydrogen) atoms. The van der Waals surface area contributed by atoms with Crippen molar-refractivity contribution in [1.29, 1.82) is 0 Å². The highest BCUT2D eigenvalue weighted by Gasteiger charge is 2.15. The van der Waals surface area contributed by atoms with Crippen LogP contribution >= 0.6 is 0 Å². The summed E-state index contributed by atoms with van der Waals surface area (Å²) in [6, 6.07) is 6.28. The Balaban J connectivity index is 2.00. The van der Waals surface area contributed by atoms with Crippen LogP contribution in [0.5, 0.6) is 0 Å². The number of anilines is 1. The number of fused-ring (bicyclic) bond motifs is 1. The number of halogens is 3. The molecule has 0 saturated heterocycles. The normalized spacial score (nSPS) is 10.8. The van der Waals surface area contributed by atoms with Crippen LogP contribution in [0.1, 0.15) is 0 Å². The Labute approximate surface area is 137 Å². The van der Waals surface area contributed by atoms with Crippen LogP contribution in [0.15, 0.2) is 46.0 Å². The number of aromatic nitrogens is 2. The van der Waals surface area contributed by atoms with E-state index in [9.17, 15) is 27.6 Å². The molecule has 0 atom stereocenters. The quantitative estimate of drug-likeness (QED) is 0.707. The number of carbonyl (C=O) groups excluding carboxylic acids is 1. The molecule has 0 aliphatic rings. The van der Waals surface area contributed by atoms with Crippen LogP contribution in [0, 0.1) is 17.5 Å². The van der Waals surface area contributed by atoms with Gasteiger partial charge in [-0.1, -0.05) is 6.07 Å². The standard InChI is InChI=1S/C16H10F3N3O3/c17-8-4-5-12-11(6-8)20-15(24)16(25)22(12)7-13(23)21-14-9(18)2-1-3-10(14)19/h1-6H,7H2,(H,20,24)(H,21,23). The molecule has 1 heterocycles. The molecule has 9 heteroatoms. The first-order valence-electron chi connectivity index (χ1n) is 7.03. The van der Waals surface area contributed by atoms with Crippen LogP contribution < -0.4 is 16.4 Å². The smallest absolute Gasteiger partial charge is 0.317 e. The van der Waals surface area contributed by atoms with Gasteiger partial charge in [0, 0.05) is 0 Å². The third kappa shape index (κ3) is 3.16. The van der Waals surface area contributed by atoms with E-state index in [2.05, 4.69) is 4.98 Å². The predicted molar refractivity (Wildman–Crippen MR) is 83.8 cm³/mol. The summed E-state index contributed by atoms with van der Waals surface area (Å²) in [7, 11) is 0. The number of nitrogens with zero attached hydrogens (tertiary/aromatic N) is 1. The van der Waals surface area contributed by atoms with E-state index in [1.54, 1.807) is 0 Å². The van der Waals surface area contributed by atoms with Crippen molar-refractivity contribution in [3.8, 4) is 0 Å². The summed E-state index contributed by atoms with van der Waals surface area (Å²) in [6.45, 7) is -0.682. The molecule has 128 valence electrons. The van der Waals surface area contributed by atoms with Gasteiger partial charge in [-0.25, -0.2) is 13.2 Å². The van der Waals surface area contributed by atoms with Crippen LogP contribution in [-0.4, -0.2) is 15.5 Å². The molecule has 0 radical (unpaired) electrons. The minimum Gasteiger partial charge on any atom is -0.320 e. The number of aromatic amines is 1. The molecule has 0 saturated carbocycles. The number of benzene rings is 2. The molecule has 0 unspecified atom stereocenters. The summed E-state index contributed by atoms with van der Waals surface area (Å²) in [5.41, 5.74) is -2.67. The fourth-order valence-electron chi connectivity index (χ4n) is 2.35. The average molecular weight is 349 g/mol. The second kappa shape index (κ2) is 6.27. The number of amides is 1. The van der Waals surface area contributed by atoms with E-state index in [4.69, 9.17) is 0 Å². The molecule has 2 aromatic carbocycles. The monoisotopic (exact) mass is 349 g/mol. The number of hydrogen-bond acceptors (Lipinski definition) is 3. The van der Waals surface area contributed by atoms with Crippen molar-refractivity contribution in [2.45, 2.75) is 6.54 Å². The largest absolute Gasteiger partial charge is 0.320 e. The lowest BCUT2D eigenvalue weighted by Crippen LogP contribution is -2.39. The highest BCUT2D eigenvalue weighted by atomic mass is 19.1.